The van der Waals surface area contributed by atoms with Crippen molar-refractivity contribution in [3.05, 3.63) is 80.7 Å². The molecule has 2 N–H and O–H groups in total. The highest BCUT2D eigenvalue weighted by Crippen LogP contribution is 2.37. The van der Waals surface area contributed by atoms with E-state index in [1.54, 1.807) is 0 Å². The molecule has 2 aromatic rings. The summed E-state index contributed by atoms with van der Waals surface area (Å²) in [5.41, 5.74) is -3.55. The Hall–Kier alpha value is -2.95. The van der Waals surface area contributed by atoms with Crippen molar-refractivity contribution in [3.63, 3.8) is 0 Å². The zero-order valence-electron chi connectivity index (χ0n) is 13.5. The van der Waals surface area contributed by atoms with Crippen molar-refractivity contribution in [2.75, 3.05) is 10.6 Å². The fourth-order valence-electron chi connectivity index (χ4n) is 2.11. The van der Waals surface area contributed by atoms with E-state index in [1.165, 1.54) is 24.3 Å². The number of hydrogen-bond donors (Lipinski definition) is 2. The number of nitro groups is 1. The lowest BCUT2D eigenvalue weighted by Crippen LogP contribution is -2.15. The number of halogens is 7. The van der Waals surface area contributed by atoms with E-state index in [9.17, 15) is 36.5 Å². The van der Waals surface area contributed by atoms with Crippen molar-refractivity contribution in [2.24, 2.45) is 0 Å². The number of rotatable bonds is 5. The second-order valence-corrected chi connectivity index (χ2v) is 5.82. The highest BCUT2D eigenvalue weighted by molar-refractivity contribution is 6.30. The van der Waals surface area contributed by atoms with E-state index in [2.05, 4.69) is 10.6 Å². The molecule has 5 nitrogen and oxygen atoms in total. The monoisotopic (exact) mass is 425 g/mol. The first-order chi connectivity index (χ1) is 12.8. The highest BCUT2D eigenvalue weighted by atomic mass is 35.5. The number of hydrogen-bond acceptors (Lipinski definition) is 4. The third kappa shape index (κ3) is 6.05. The molecule has 0 aliphatic heterocycles. The lowest BCUT2D eigenvalue weighted by Gasteiger charge is -2.16. The Labute approximate surface area is 158 Å². The molecule has 0 saturated heterocycles. The molecular weight excluding hydrogens is 416 g/mol. The van der Waals surface area contributed by atoms with Gasteiger partial charge in [-0.25, -0.2) is 0 Å². The number of nitrogens with one attached hydrogen (secondary N) is 2. The summed E-state index contributed by atoms with van der Waals surface area (Å²) in [7, 11) is 0. The lowest BCUT2D eigenvalue weighted by atomic mass is 10.1. The molecule has 28 heavy (non-hydrogen) atoms. The molecule has 150 valence electrons. The van der Waals surface area contributed by atoms with E-state index >= 15 is 0 Å². The van der Waals surface area contributed by atoms with Gasteiger partial charge in [-0.2, -0.15) is 26.3 Å². The van der Waals surface area contributed by atoms with Crippen molar-refractivity contribution >= 4 is 23.0 Å². The van der Waals surface area contributed by atoms with Crippen LogP contribution in [0.3, 0.4) is 0 Å². The smallest absolute Gasteiger partial charge is 0.337 e. The molecule has 0 bridgehead atoms. The molecule has 0 aromatic heterocycles. The van der Waals surface area contributed by atoms with E-state index in [4.69, 9.17) is 11.6 Å². The first-order valence-corrected chi connectivity index (χ1v) is 7.67. The molecule has 2 rings (SSSR count). The second-order valence-electron chi connectivity index (χ2n) is 5.38. The average molecular weight is 426 g/mol. The average Bonchev–Trinajstić information content (AvgIpc) is 2.52. The molecule has 0 aliphatic carbocycles. The molecule has 2 aromatic carbocycles. The fraction of sp³-hybridized carbons (Fsp3) is 0.125. The quantitative estimate of drug-likeness (QED) is 0.351. The molecule has 0 radical (unpaired) electrons. The minimum absolute atomic E-state index is 0.0491. The Kier molecular flexibility index (Phi) is 6.07. The Balaban J connectivity index is 2.44. The van der Waals surface area contributed by atoms with Gasteiger partial charge in [0.2, 0.25) is 0 Å². The molecule has 0 spiro atoms. The SMILES string of the molecule is O=[N+]([O-])/C=C(/Nc1cccc(Cl)c1)Nc1cc(C(F)(F)F)cc(C(F)(F)F)c1. The van der Waals surface area contributed by atoms with Crippen LogP contribution < -0.4 is 10.6 Å². The van der Waals surface area contributed by atoms with Gasteiger partial charge >= 0.3 is 12.4 Å². The highest BCUT2D eigenvalue weighted by Gasteiger charge is 2.37. The summed E-state index contributed by atoms with van der Waals surface area (Å²) < 4.78 is 77.6. The van der Waals surface area contributed by atoms with Crippen molar-refractivity contribution in [1.29, 1.82) is 0 Å². The first-order valence-electron chi connectivity index (χ1n) is 7.29. The minimum atomic E-state index is -5.05. The van der Waals surface area contributed by atoms with Gasteiger partial charge in [-0.15, -0.1) is 0 Å². The van der Waals surface area contributed by atoms with Crippen LogP contribution in [0.25, 0.3) is 0 Å². The van der Waals surface area contributed by atoms with Gasteiger partial charge < -0.3 is 10.6 Å². The third-order valence-corrected chi connectivity index (χ3v) is 3.44. The summed E-state index contributed by atoms with van der Waals surface area (Å²) in [5.74, 6) is -0.472. The van der Waals surface area contributed by atoms with Gasteiger partial charge in [-0.05, 0) is 36.4 Å². The molecule has 0 aliphatic rings. The molecule has 12 heteroatoms. The summed E-state index contributed by atoms with van der Waals surface area (Å²) in [4.78, 5) is 9.84. The zero-order chi connectivity index (χ0) is 21.1. The van der Waals surface area contributed by atoms with Crippen molar-refractivity contribution in [2.45, 2.75) is 12.4 Å². The van der Waals surface area contributed by atoms with Gasteiger partial charge in [0, 0.05) is 16.4 Å². The second kappa shape index (κ2) is 7.97. The van der Waals surface area contributed by atoms with Crippen molar-refractivity contribution in [1.82, 2.24) is 0 Å². The molecular formula is C16H10ClF6N3O2. The number of nitrogens with zero attached hydrogens (tertiary/aromatic N) is 1. The predicted octanol–water partition coefficient (Wildman–Crippen LogP) is 5.98. The van der Waals surface area contributed by atoms with Crippen LogP contribution in [0.5, 0.6) is 0 Å². The number of anilines is 2. The fourth-order valence-corrected chi connectivity index (χ4v) is 2.30. The van der Waals surface area contributed by atoms with Crippen LogP contribution in [0.4, 0.5) is 37.7 Å². The molecule has 0 saturated carbocycles. The summed E-state index contributed by atoms with van der Waals surface area (Å²) in [6, 6.07) is 6.54. The Bertz CT molecular complexity index is 880. The van der Waals surface area contributed by atoms with Gasteiger partial charge in [0.1, 0.15) is 0 Å². The molecule has 0 fully saturated rings. The van der Waals surface area contributed by atoms with Crippen LogP contribution in [0.15, 0.2) is 54.5 Å². The summed E-state index contributed by atoms with van der Waals surface area (Å²) >= 11 is 5.77. The predicted molar refractivity (Wildman–Crippen MR) is 90.2 cm³/mol. The topological polar surface area (TPSA) is 67.2 Å². The van der Waals surface area contributed by atoms with Gasteiger partial charge in [0.25, 0.3) is 6.20 Å². The van der Waals surface area contributed by atoms with Crippen LogP contribution in [0, 0.1) is 10.1 Å². The Morgan fingerprint density at radius 2 is 1.46 bits per heavy atom. The van der Waals surface area contributed by atoms with Gasteiger partial charge in [-0.3, -0.25) is 10.1 Å². The van der Waals surface area contributed by atoms with Gasteiger partial charge in [-0.1, -0.05) is 17.7 Å². The minimum Gasteiger partial charge on any atom is -0.337 e. The Morgan fingerprint density at radius 3 is 1.93 bits per heavy atom. The number of alkyl halides is 6. The van der Waals surface area contributed by atoms with E-state index in [1.807, 2.05) is 0 Å². The maximum absolute atomic E-state index is 12.9. The van der Waals surface area contributed by atoms with Crippen molar-refractivity contribution < 1.29 is 31.3 Å². The summed E-state index contributed by atoms with van der Waals surface area (Å²) in [5, 5.41) is 15.7. The molecule has 0 atom stereocenters. The molecule has 0 unspecified atom stereocenters. The van der Waals surface area contributed by atoms with Gasteiger partial charge in [0.05, 0.1) is 16.1 Å². The molecule has 0 heterocycles. The molecule has 0 amide bonds. The first kappa shape index (κ1) is 21.4. The van der Waals surface area contributed by atoms with Crippen LogP contribution in [0.1, 0.15) is 11.1 Å². The van der Waals surface area contributed by atoms with Crippen molar-refractivity contribution in [3.8, 4) is 0 Å². The van der Waals surface area contributed by atoms with E-state index in [0.717, 1.165) is 0 Å². The van der Waals surface area contributed by atoms with Crippen LogP contribution in [0.2, 0.25) is 5.02 Å². The maximum Gasteiger partial charge on any atom is 0.416 e. The van der Waals surface area contributed by atoms with Crippen LogP contribution >= 0.6 is 11.6 Å². The standard InChI is InChI=1S/C16H10ClF6N3O2/c17-11-2-1-3-12(7-11)24-14(8-26(27)28)25-13-5-9(15(18,19)20)4-10(6-13)16(21,22)23/h1-8,24-25H/b14-8-. The van der Waals surface area contributed by atoms with Gasteiger partial charge in [0.15, 0.2) is 5.82 Å². The number of benzene rings is 2. The van der Waals surface area contributed by atoms with E-state index < -0.39 is 39.9 Å². The lowest BCUT2D eigenvalue weighted by molar-refractivity contribution is -0.403. The third-order valence-electron chi connectivity index (χ3n) is 3.20. The van der Waals surface area contributed by atoms with E-state index in [0.29, 0.717) is 18.3 Å². The largest absolute Gasteiger partial charge is 0.416 e. The maximum atomic E-state index is 12.9. The summed E-state index contributed by atoms with van der Waals surface area (Å²) in [6.45, 7) is 0. The summed E-state index contributed by atoms with van der Waals surface area (Å²) in [6.07, 6.45) is -9.75. The zero-order valence-corrected chi connectivity index (χ0v) is 14.3. The normalized spacial score (nSPS) is 12.6. The van der Waals surface area contributed by atoms with Crippen LogP contribution in [-0.4, -0.2) is 4.92 Å². The van der Waals surface area contributed by atoms with Crippen LogP contribution in [-0.2, 0) is 12.4 Å². The van der Waals surface area contributed by atoms with E-state index in [-0.39, 0.29) is 16.8 Å². The Morgan fingerprint density at radius 1 is 0.929 bits per heavy atom.